The maximum atomic E-state index is 15.6. The molecule has 0 fully saturated rings. The van der Waals surface area contributed by atoms with Gasteiger partial charge in [0.15, 0.2) is 5.60 Å². The molecule has 5 N–H and O–H groups in total. The van der Waals surface area contributed by atoms with Gasteiger partial charge in [0, 0.05) is 11.6 Å². The third-order valence-electron chi connectivity index (χ3n) is 4.88. The smallest absolute Gasteiger partial charge is 0.323 e. The molecule has 8 nitrogen and oxygen atoms in total. The Labute approximate surface area is 192 Å². The van der Waals surface area contributed by atoms with Crippen LogP contribution < -0.4 is 21.2 Å². The number of nitrogens with two attached hydrogens (primary N) is 2. The van der Waals surface area contributed by atoms with Crippen molar-refractivity contribution in [1.29, 1.82) is 0 Å². The van der Waals surface area contributed by atoms with E-state index in [0.29, 0.717) is 28.6 Å². The molecule has 1 unspecified atom stereocenters. The Kier molecular flexibility index (Phi) is 7.23. The van der Waals surface area contributed by atoms with E-state index in [2.05, 4.69) is 10.1 Å². The molecule has 0 bridgehead atoms. The topological polar surface area (TPSA) is 119 Å². The minimum atomic E-state index is -4.20. The Balaban J connectivity index is 1.96. The fourth-order valence-electron chi connectivity index (χ4n) is 3.19. The first kappa shape index (κ1) is 24.7. The number of benzene rings is 2. The molecule has 0 aliphatic rings. The molecule has 2 aromatic carbocycles. The molecule has 0 saturated carbocycles. The SMILES string of the molecule is COc1ccc(Oc2ccc(C(F)(F)C(O)(CN(N)/C=N\N)c3ccc(F)cc3F)nc2)cc1. The van der Waals surface area contributed by atoms with Gasteiger partial charge in [-0.25, -0.2) is 14.6 Å². The van der Waals surface area contributed by atoms with Gasteiger partial charge in [0.25, 0.3) is 0 Å². The first-order valence-electron chi connectivity index (χ1n) is 9.69. The van der Waals surface area contributed by atoms with E-state index >= 15 is 8.78 Å². The molecule has 3 rings (SSSR count). The lowest BCUT2D eigenvalue weighted by atomic mass is 9.84. The second-order valence-electron chi connectivity index (χ2n) is 7.15. The van der Waals surface area contributed by atoms with Crippen LogP contribution in [-0.4, -0.2) is 35.1 Å². The number of hydrazine groups is 1. The zero-order valence-electron chi connectivity index (χ0n) is 17.8. The maximum absolute atomic E-state index is 15.6. The molecule has 0 aliphatic heterocycles. The number of rotatable bonds is 9. The summed E-state index contributed by atoms with van der Waals surface area (Å²) in [6.45, 7) is -1.06. The lowest BCUT2D eigenvalue weighted by Crippen LogP contribution is -2.53. The van der Waals surface area contributed by atoms with Crippen LogP contribution in [0.4, 0.5) is 17.6 Å². The van der Waals surface area contributed by atoms with Gasteiger partial charge in [-0.05, 0) is 48.5 Å². The van der Waals surface area contributed by atoms with Crippen LogP contribution in [0.3, 0.4) is 0 Å². The summed E-state index contributed by atoms with van der Waals surface area (Å²) in [7, 11) is 1.50. The van der Waals surface area contributed by atoms with Crippen molar-refractivity contribution in [3.8, 4) is 17.2 Å². The van der Waals surface area contributed by atoms with Crippen LogP contribution >= 0.6 is 0 Å². The molecule has 0 saturated heterocycles. The van der Waals surface area contributed by atoms with Crippen molar-refractivity contribution in [2.75, 3.05) is 13.7 Å². The summed E-state index contributed by atoms with van der Waals surface area (Å²) in [5.74, 6) is 5.03. The van der Waals surface area contributed by atoms with E-state index in [0.717, 1.165) is 24.7 Å². The number of hydrogen-bond acceptors (Lipinski definition) is 7. The van der Waals surface area contributed by atoms with Crippen LogP contribution in [0.15, 0.2) is 65.9 Å². The number of hydrogen-bond donors (Lipinski definition) is 3. The van der Waals surface area contributed by atoms with Crippen LogP contribution in [0.5, 0.6) is 17.2 Å². The maximum Gasteiger partial charge on any atom is 0.323 e. The van der Waals surface area contributed by atoms with Crippen LogP contribution in [0.25, 0.3) is 0 Å². The van der Waals surface area contributed by atoms with Gasteiger partial charge in [-0.15, -0.1) is 0 Å². The van der Waals surface area contributed by atoms with Gasteiger partial charge in [-0.1, -0.05) is 0 Å². The quantitative estimate of drug-likeness (QED) is 0.142. The van der Waals surface area contributed by atoms with Crippen LogP contribution in [0.1, 0.15) is 11.3 Å². The van der Waals surface area contributed by atoms with E-state index in [4.69, 9.17) is 21.2 Å². The van der Waals surface area contributed by atoms with Crippen LogP contribution in [0.2, 0.25) is 0 Å². The molecule has 0 radical (unpaired) electrons. The van der Waals surface area contributed by atoms with Crippen molar-refractivity contribution in [1.82, 2.24) is 9.99 Å². The molecule has 1 heterocycles. The minimum absolute atomic E-state index is 0.122. The van der Waals surface area contributed by atoms with E-state index in [1.54, 1.807) is 24.3 Å². The lowest BCUT2D eigenvalue weighted by Gasteiger charge is -2.37. The average Bonchev–Trinajstić information content (AvgIpc) is 2.80. The van der Waals surface area contributed by atoms with E-state index < -0.39 is 41.0 Å². The predicted molar refractivity (Wildman–Crippen MR) is 115 cm³/mol. The first-order chi connectivity index (χ1) is 16.1. The molecule has 180 valence electrons. The molecular formula is C22H21F4N5O3. The normalized spacial score (nSPS) is 13.5. The van der Waals surface area contributed by atoms with Gasteiger partial charge in [-0.3, -0.25) is 9.99 Å². The van der Waals surface area contributed by atoms with Gasteiger partial charge in [0.1, 0.15) is 40.9 Å². The van der Waals surface area contributed by atoms with Gasteiger partial charge < -0.3 is 20.4 Å². The highest BCUT2D eigenvalue weighted by molar-refractivity contribution is 5.53. The Hall–Kier alpha value is -3.90. The number of methoxy groups -OCH3 is 1. The van der Waals surface area contributed by atoms with E-state index in [1.807, 2.05) is 0 Å². The summed E-state index contributed by atoms with van der Waals surface area (Å²) in [6.07, 6.45) is 1.76. The highest BCUT2D eigenvalue weighted by Crippen LogP contribution is 2.46. The summed E-state index contributed by atoms with van der Waals surface area (Å²) in [4.78, 5) is 3.70. The fourth-order valence-corrected chi connectivity index (χ4v) is 3.19. The van der Waals surface area contributed by atoms with Crippen molar-refractivity contribution in [3.05, 3.63) is 83.7 Å². The molecule has 1 aromatic heterocycles. The monoisotopic (exact) mass is 479 g/mol. The summed E-state index contributed by atoms with van der Waals surface area (Å²) in [6, 6.07) is 10.4. The number of aromatic nitrogens is 1. The van der Waals surface area contributed by atoms with Gasteiger partial charge in [0.05, 0.1) is 19.9 Å². The van der Waals surface area contributed by atoms with Crippen molar-refractivity contribution < 1.29 is 32.1 Å². The van der Waals surface area contributed by atoms with Gasteiger partial charge in [0.2, 0.25) is 0 Å². The zero-order chi connectivity index (χ0) is 24.9. The Morgan fingerprint density at radius 1 is 1.06 bits per heavy atom. The molecule has 0 aliphatic carbocycles. The number of pyridine rings is 1. The Bertz CT molecular complexity index is 1150. The second-order valence-corrected chi connectivity index (χ2v) is 7.15. The first-order valence-corrected chi connectivity index (χ1v) is 9.69. The number of hydrazone groups is 1. The third-order valence-corrected chi connectivity index (χ3v) is 4.88. The second kappa shape index (κ2) is 9.93. The zero-order valence-corrected chi connectivity index (χ0v) is 17.8. The number of aliphatic hydroxyl groups is 1. The minimum Gasteiger partial charge on any atom is -0.497 e. The van der Waals surface area contributed by atoms with Gasteiger partial charge >= 0.3 is 5.92 Å². The Morgan fingerprint density at radius 3 is 2.26 bits per heavy atom. The van der Waals surface area contributed by atoms with Crippen molar-refractivity contribution in [2.24, 2.45) is 16.8 Å². The predicted octanol–water partition coefficient (Wildman–Crippen LogP) is 3.22. The number of ether oxygens (including phenoxy) is 2. The highest BCUT2D eigenvalue weighted by Gasteiger charge is 2.58. The van der Waals surface area contributed by atoms with Crippen LogP contribution in [0, 0.1) is 11.6 Å². The van der Waals surface area contributed by atoms with E-state index in [9.17, 15) is 13.9 Å². The molecule has 3 aromatic rings. The number of alkyl halides is 2. The number of halogens is 4. The van der Waals surface area contributed by atoms with Crippen LogP contribution in [-0.2, 0) is 11.5 Å². The third kappa shape index (κ3) is 5.02. The fraction of sp³-hybridized carbons (Fsp3) is 0.182. The van der Waals surface area contributed by atoms with E-state index in [1.165, 1.54) is 13.2 Å². The summed E-state index contributed by atoms with van der Waals surface area (Å²) < 4.78 is 69.7. The molecule has 12 heteroatoms. The molecular weight excluding hydrogens is 458 g/mol. The molecule has 0 amide bonds. The van der Waals surface area contributed by atoms with Crippen molar-refractivity contribution >= 4 is 6.34 Å². The van der Waals surface area contributed by atoms with Crippen molar-refractivity contribution in [3.63, 3.8) is 0 Å². The lowest BCUT2D eigenvalue weighted by molar-refractivity contribution is -0.203. The molecule has 0 spiro atoms. The Morgan fingerprint density at radius 2 is 1.71 bits per heavy atom. The number of nitrogens with zero attached hydrogens (tertiary/aromatic N) is 3. The van der Waals surface area contributed by atoms with Gasteiger partial charge in [-0.2, -0.15) is 13.9 Å². The standard InChI is InChI=1S/C22H21F4N5O3/c1-33-15-3-5-16(6-4-15)34-17-7-9-20(29-11-17)22(25,26)21(32,12-31(28)13-30-27)18-8-2-14(23)10-19(18)24/h2-11,13,32H,12,27-28H2,1H3/b30-13-. The summed E-state index contributed by atoms with van der Waals surface area (Å²) in [5, 5.41) is 14.7. The largest absolute Gasteiger partial charge is 0.497 e. The highest BCUT2D eigenvalue weighted by atomic mass is 19.3. The summed E-state index contributed by atoms with van der Waals surface area (Å²) >= 11 is 0. The average molecular weight is 479 g/mol. The van der Waals surface area contributed by atoms with E-state index in [-0.39, 0.29) is 5.75 Å². The summed E-state index contributed by atoms with van der Waals surface area (Å²) in [5.41, 5.74) is -5.11. The van der Waals surface area contributed by atoms with Crippen molar-refractivity contribution in [2.45, 2.75) is 11.5 Å². The molecule has 34 heavy (non-hydrogen) atoms. The molecule has 1 atom stereocenters.